The molecule has 1 saturated carbocycles. The second-order valence-electron chi connectivity index (χ2n) is 6.08. The number of ether oxygens (including phenoxy) is 1. The monoisotopic (exact) mass is 387 g/mol. The van der Waals surface area contributed by atoms with Crippen LogP contribution in [0.5, 0.6) is 5.75 Å². The van der Waals surface area contributed by atoms with Gasteiger partial charge < -0.3 is 10.5 Å². The van der Waals surface area contributed by atoms with E-state index >= 15 is 0 Å². The average Bonchev–Trinajstić information content (AvgIpc) is 3.07. The van der Waals surface area contributed by atoms with Gasteiger partial charge in [-0.1, -0.05) is 47.0 Å². The first-order chi connectivity index (χ1) is 11.5. The summed E-state index contributed by atoms with van der Waals surface area (Å²) >= 11 is 3.42. The minimum Gasteiger partial charge on any atom is -0.426 e. The predicted molar refractivity (Wildman–Crippen MR) is 94.9 cm³/mol. The van der Waals surface area contributed by atoms with Crippen molar-refractivity contribution < 1.29 is 14.3 Å². The van der Waals surface area contributed by atoms with E-state index in [4.69, 9.17) is 10.5 Å². The van der Waals surface area contributed by atoms with Crippen LogP contribution in [0, 0.1) is 0 Å². The molecule has 0 aromatic heterocycles. The number of primary amides is 1. The number of esters is 1. The summed E-state index contributed by atoms with van der Waals surface area (Å²) in [5.74, 6) is -0.472. The van der Waals surface area contributed by atoms with Crippen molar-refractivity contribution >= 4 is 27.8 Å². The molecule has 1 aliphatic rings. The smallest absolute Gasteiger partial charge is 0.321 e. The number of hydrogen-bond acceptors (Lipinski definition) is 3. The van der Waals surface area contributed by atoms with Crippen molar-refractivity contribution in [2.75, 3.05) is 0 Å². The van der Waals surface area contributed by atoms with Crippen LogP contribution in [0.4, 0.5) is 0 Å². The highest BCUT2D eigenvalue weighted by Gasteiger charge is 2.44. The van der Waals surface area contributed by atoms with E-state index in [1.807, 2.05) is 24.3 Å². The molecule has 0 unspecified atom stereocenters. The van der Waals surface area contributed by atoms with Crippen molar-refractivity contribution in [1.29, 1.82) is 0 Å². The molecule has 5 heteroatoms. The summed E-state index contributed by atoms with van der Waals surface area (Å²) in [5, 5.41) is 0. The fourth-order valence-corrected chi connectivity index (χ4v) is 3.54. The summed E-state index contributed by atoms with van der Waals surface area (Å²) < 4.78 is 6.59. The Balaban J connectivity index is 1.89. The number of hydrogen-bond donors (Lipinski definition) is 1. The molecule has 0 spiro atoms. The molecule has 4 nitrogen and oxygen atoms in total. The minimum absolute atomic E-state index is 0.274. The lowest BCUT2D eigenvalue weighted by Gasteiger charge is -2.27. The number of halogens is 1. The third-order valence-corrected chi connectivity index (χ3v) is 5.10. The normalized spacial score (nSPS) is 15.9. The van der Waals surface area contributed by atoms with E-state index in [1.165, 1.54) is 6.07 Å². The molecule has 3 rings (SSSR count). The van der Waals surface area contributed by atoms with E-state index in [2.05, 4.69) is 15.9 Å². The number of amides is 1. The molecule has 0 radical (unpaired) electrons. The Kier molecular flexibility index (Phi) is 4.71. The first kappa shape index (κ1) is 16.7. The molecule has 1 fully saturated rings. The van der Waals surface area contributed by atoms with E-state index in [-0.39, 0.29) is 5.97 Å². The van der Waals surface area contributed by atoms with Crippen LogP contribution in [-0.4, -0.2) is 11.9 Å². The Morgan fingerprint density at radius 3 is 2.33 bits per heavy atom. The highest BCUT2D eigenvalue weighted by atomic mass is 79.9. The molecule has 0 bridgehead atoms. The van der Waals surface area contributed by atoms with Gasteiger partial charge in [-0.15, -0.1) is 0 Å². The molecule has 124 valence electrons. The van der Waals surface area contributed by atoms with Gasteiger partial charge in [0.1, 0.15) is 5.75 Å². The molecule has 2 aromatic rings. The summed E-state index contributed by atoms with van der Waals surface area (Å²) in [6.45, 7) is 0. The van der Waals surface area contributed by atoms with E-state index in [0.717, 1.165) is 35.7 Å². The Morgan fingerprint density at radius 1 is 1.04 bits per heavy atom. The summed E-state index contributed by atoms with van der Waals surface area (Å²) in [6, 6.07) is 14.2. The molecule has 1 amide bonds. The maximum atomic E-state index is 13.0. The fraction of sp³-hybridized carbons (Fsp3) is 0.263. The summed E-state index contributed by atoms with van der Waals surface area (Å²) in [5.41, 5.74) is 5.96. The lowest BCUT2D eigenvalue weighted by molar-refractivity contribution is -0.140. The van der Waals surface area contributed by atoms with Crippen LogP contribution in [-0.2, 0) is 10.2 Å². The van der Waals surface area contributed by atoms with E-state index in [1.54, 1.807) is 18.2 Å². The third kappa shape index (κ3) is 3.22. The van der Waals surface area contributed by atoms with Gasteiger partial charge >= 0.3 is 5.97 Å². The number of benzene rings is 2. The van der Waals surface area contributed by atoms with Crippen molar-refractivity contribution in [3.8, 4) is 5.75 Å². The molecule has 0 aliphatic heterocycles. The lowest BCUT2D eigenvalue weighted by Crippen LogP contribution is -2.36. The van der Waals surface area contributed by atoms with Crippen molar-refractivity contribution in [2.45, 2.75) is 31.1 Å². The van der Waals surface area contributed by atoms with Gasteiger partial charge in [-0.2, -0.15) is 0 Å². The van der Waals surface area contributed by atoms with Gasteiger partial charge in [0.2, 0.25) is 5.91 Å². The first-order valence-corrected chi connectivity index (χ1v) is 8.69. The van der Waals surface area contributed by atoms with Gasteiger partial charge in [-0.25, -0.2) is 0 Å². The van der Waals surface area contributed by atoms with Crippen LogP contribution in [0.2, 0.25) is 0 Å². The van der Waals surface area contributed by atoms with E-state index < -0.39 is 11.3 Å². The molecular weight excluding hydrogens is 370 g/mol. The summed E-state index contributed by atoms with van der Waals surface area (Å²) in [6.07, 6.45) is 3.52. The number of carbonyl (C=O) groups excluding carboxylic acids is 2. The van der Waals surface area contributed by atoms with Crippen molar-refractivity contribution in [3.63, 3.8) is 0 Å². The zero-order valence-corrected chi connectivity index (χ0v) is 14.7. The van der Waals surface area contributed by atoms with Gasteiger partial charge in [0.05, 0.1) is 5.41 Å². The van der Waals surface area contributed by atoms with Crippen LogP contribution in [0.3, 0.4) is 0 Å². The van der Waals surface area contributed by atoms with E-state index in [9.17, 15) is 9.59 Å². The Hall–Kier alpha value is -2.14. The van der Waals surface area contributed by atoms with E-state index in [0.29, 0.717) is 11.3 Å². The zero-order valence-electron chi connectivity index (χ0n) is 13.1. The van der Waals surface area contributed by atoms with Crippen LogP contribution >= 0.6 is 15.9 Å². The van der Waals surface area contributed by atoms with Crippen molar-refractivity contribution in [1.82, 2.24) is 0 Å². The molecule has 2 N–H and O–H groups in total. The average molecular weight is 388 g/mol. The predicted octanol–water partition coefficient (Wildman–Crippen LogP) is 3.97. The largest absolute Gasteiger partial charge is 0.426 e. The van der Waals surface area contributed by atoms with Gasteiger partial charge in [0, 0.05) is 10.0 Å². The van der Waals surface area contributed by atoms with Crippen molar-refractivity contribution in [3.05, 3.63) is 64.1 Å². The second kappa shape index (κ2) is 6.77. The molecule has 1 aliphatic carbocycles. The van der Waals surface area contributed by atoms with Gasteiger partial charge in [0.15, 0.2) is 0 Å². The van der Waals surface area contributed by atoms with Crippen LogP contribution in [0.15, 0.2) is 53.0 Å². The van der Waals surface area contributed by atoms with Gasteiger partial charge in [-0.3, -0.25) is 9.59 Å². The molecule has 2 aromatic carbocycles. The first-order valence-electron chi connectivity index (χ1n) is 7.89. The topological polar surface area (TPSA) is 69.4 Å². The Labute approximate surface area is 149 Å². The zero-order chi connectivity index (χ0) is 17.2. The van der Waals surface area contributed by atoms with Gasteiger partial charge in [0.25, 0.3) is 0 Å². The highest BCUT2D eigenvalue weighted by molar-refractivity contribution is 9.10. The number of rotatable bonds is 4. The maximum absolute atomic E-state index is 13.0. The summed E-state index contributed by atoms with van der Waals surface area (Å²) in [4.78, 5) is 24.2. The number of carbonyl (C=O) groups is 2. The van der Waals surface area contributed by atoms with Gasteiger partial charge in [-0.05, 0) is 48.7 Å². The Morgan fingerprint density at radius 2 is 1.71 bits per heavy atom. The maximum Gasteiger partial charge on any atom is 0.321 e. The molecular formula is C19H18BrNO3. The SMILES string of the molecule is NC(=O)c1cccc(OC(=O)C2(c3ccc(Br)cc3)CCCC2)c1. The van der Waals surface area contributed by atoms with Crippen LogP contribution in [0.25, 0.3) is 0 Å². The Bertz CT molecular complexity index is 764. The lowest BCUT2D eigenvalue weighted by atomic mass is 9.79. The molecule has 0 atom stereocenters. The van der Waals surface area contributed by atoms with Crippen LogP contribution in [0.1, 0.15) is 41.6 Å². The quantitative estimate of drug-likeness (QED) is 0.637. The third-order valence-electron chi connectivity index (χ3n) is 4.57. The van der Waals surface area contributed by atoms with Crippen molar-refractivity contribution in [2.24, 2.45) is 5.73 Å². The molecule has 24 heavy (non-hydrogen) atoms. The summed E-state index contributed by atoms with van der Waals surface area (Å²) in [7, 11) is 0. The number of nitrogens with two attached hydrogens (primary N) is 1. The molecule has 0 saturated heterocycles. The minimum atomic E-state index is -0.622. The molecule has 0 heterocycles. The second-order valence-corrected chi connectivity index (χ2v) is 6.99. The highest BCUT2D eigenvalue weighted by Crippen LogP contribution is 2.42. The standard InChI is InChI=1S/C19H18BrNO3/c20-15-8-6-14(7-9-15)19(10-1-2-11-19)18(23)24-16-5-3-4-13(12-16)17(21)22/h3-9,12H,1-2,10-11H2,(H2,21,22). The fourth-order valence-electron chi connectivity index (χ4n) is 3.28. The van der Waals surface area contributed by atoms with Crippen LogP contribution < -0.4 is 10.5 Å².